The predicted octanol–water partition coefficient (Wildman–Crippen LogP) is 1.69. The average molecular weight is 361 g/mol. The molecule has 1 aliphatic rings. The summed E-state index contributed by atoms with van der Waals surface area (Å²) in [6.45, 7) is 4.02. The molecule has 2 aromatic carbocycles. The van der Waals surface area contributed by atoms with E-state index in [0.717, 1.165) is 37.6 Å². The highest BCUT2D eigenvalue weighted by atomic mass is 35.5. The Kier molecular flexibility index (Phi) is 5.79. The van der Waals surface area contributed by atoms with Crippen molar-refractivity contribution < 1.29 is 14.4 Å². The number of benzene rings is 2. The molecule has 0 saturated carbocycles. The van der Waals surface area contributed by atoms with Gasteiger partial charge in [-0.05, 0) is 30.3 Å². The monoisotopic (exact) mass is 360 g/mol. The molecule has 5 nitrogen and oxygen atoms in total. The van der Waals surface area contributed by atoms with Crippen LogP contribution in [0.1, 0.15) is 0 Å². The van der Waals surface area contributed by atoms with Gasteiger partial charge in [-0.3, -0.25) is 4.79 Å². The maximum Gasteiger partial charge on any atom is 0.262 e. The van der Waals surface area contributed by atoms with Crippen LogP contribution in [0.25, 0.3) is 0 Å². The van der Waals surface area contributed by atoms with E-state index in [0.29, 0.717) is 10.8 Å². The fourth-order valence-corrected chi connectivity index (χ4v) is 3.04. The number of anilines is 2. The lowest BCUT2D eigenvalue weighted by atomic mass is 10.2. The zero-order valence-electron chi connectivity index (χ0n) is 14.3. The molecule has 6 heteroatoms. The summed E-state index contributed by atoms with van der Waals surface area (Å²) >= 11 is 6.13. The summed E-state index contributed by atoms with van der Waals surface area (Å²) in [4.78, 5) is 16.1. The molecule has 25 heavy (non-hydrogen) atoms. The molecular weight excluding hydrogens is 338 g/mol. The van der Waals surface area contributed by atoms with Gasteiger partial charge in [-0.25, -0.2) is 0 Å². The first kappa shape index (κ1) is 17.6. The molecule has 1 saturated heterocycles. The van der Waals surface area contributed by atoms with Crippen LogP contribution in [0.15, 0.2) is 48.5 Å². The maximum absolute atomic E-state index is 12.3. The molecule has 0 unspecified atom stereocenters. The van der Waals surface area contributed by atoms with E-state index in [-0.39, 0.29) is 12.5 Å². The van der Waals surface area contributed by atoms with Gasteiger partial charge in [-0.15, -0.1) is 0 Å². The lowest BCUT2D eigenvalue weighted by Gasteiger charge is -2.33. The zero-order valence-corrected chi connectivity index (χ0v) is 15.1. The Bertz CT molecular complexity index is 716. The minimum Gasteiger partial charge on any atom is -0.484 e. The molecule has 3 rings (SSSR count). The second kappa shape index (κ2) is 8.23. The van der Waals surface area contributed by atoms with Crippen LogP contribution >= 0.6 is 11.6 Å². The molecule has 1 fully saturated rings. The fourth-order valence-electron chi connectivity index (χ4n) is 2.87. The Morgan fingerprint density at radius 3 is 2.64 bits per heavy atom. The summed E-state index contributed by atoms with van der Waals surface area (Å²) in [5.41, 5.74) is 1.73. The number of hydrogen-bond acceptors (Lipinski definition) is 3. The number of amides is 1. The lowest BCUT2D eigenvalue weighted by Crippen LogP contribution is -3.12. The summed E-state index contributed by atoms with van der Waals surface area (Å²) < 4.78 is 5.51. The second-order valence-electron chi connectivity index (χ2n) is 6.26. The third-order valence-electron chi connectivity index (χ3n) is 4.30. The Morgan fingerprint density at radius 1 is 1.20 bits per heavy atom. The van der Waals surface area contributed by atoms with Gasteiger partial charge in [0.2, 0.25) is 0 Å². The molecule has 1 amide bonds. The van der Waals surface area contributed by atoms with Crippen molar-refractivity contribution >= 4 is 28.9 Å². The number of likely N-dealkylation sites (N-methyl/N-ethyl adjacent to an activating group) is 1. The quantitative estimate of drug-likeness (QED) is 0.853. The first-order chi connectivity index (χ1) is 12.1. The van der Waals surface area contributed by atoms with Crippen LogP contribution in [0, 0.1) is 0 Å². The summed E-state index contributed by atoms with van der Waals surface area (Å²) in [7, 11) is 2.20. The van der Waals surface area contributed by atoms with Crippen LogP contribution in [0.5, 0.6) is 5.75 Å². The molecule has 0 aromatic heterocycles. The van der Waals surface area contributed by atoms with Crippen molar-refractivity contribution in [2.75, 3.05) is 50.1 Å². The van der Waals surface area contributed by atoms with Crippen LogP contribution in [0.3, 0.4) is 0 Å². The van der Waals surface area contributed by atoms with Crippen molar-refractivity contribution in [2.45, 2.75) is 0 Å². The number of nitrogens with one attached hydrogen (secondary N) is 2. The van der Waals surface area contributed by atoms with E-state index in [9.17, 15) is 4.79 Å². The highest BCUT2D eigenvalue weighted by Gasteiger charge is 2.20. The minimum atomic E-state index is -0.202. The number of para-hydroxylation sites is 1. The summed E-state index contributed by atoms with van der Waals surface area (Å²) in [6.07, 6.45) is 0. The largest absolute Gasteiger partial charge is 0.484 e. The number of rotatable bonds is 5. The van der Waals surface area contributed by atoms with Gasteiger partial charge < -0.3 is 19.9 Å². The van der Waals surface area contributed by atoms with Crippen LogP contribution in [0.4, 0.5) is 11.4 Å². The van der Waals surface area contributed by atoms with Crippen molar-refractivity contribution in [1.82, 2.24) is 0 Å². The van der Waals surface area contributed by atoms with Crippen molar-refractivity contribution in [2.24, 2.45) is 0 Å². The molecule has 1 aliphatic heterocycles. The number of ether oxygens (including phenoxy) is 1. The number of nitrogens with zero attached hydrogens (tertiary/aromatic N) is 1. The Morgan fingerprint density at radius 2 is 1.92 bits per heavy atom. The summed E-state index contributed by atoms with van der Waals surface area (Å²) in [6, 6.07) is 14.9. The highest BCUT2D eigenvalue weighted by Crippen LogP contribution is 2.29. The molecule has 0 aliphatic carbocycles. The number of quaternary nitrogens is 1. The normalized spacial score (nSPS) is 15.0. The first-order valence-corrected chi connectivity index (χ1v) is 8.83. The predicted molar refractivity (Wildman–Crippen MR) is 101 cm³/mol. The van der Waals surface area contributed by atoms with E-state index < -0.39 is 0 Å². The molecule has 0 spiro atoms. The van der Waals surface area contributed by atoms with E-state index in [2.05, 4.69) is 17.3 Å². The SMILES string of the molecule is C[NH+]1CCN(c2ccc(Cl)cc2NC(=O)COc2ccccc2)CC1. The number of carbonyl (C=O) groups is 1. The van der Waals surface area contributed by atoms with Gasteiger partial charge in [0, 0.05) is 5.02 Å². The third kappa shape index (κ3) is 4.87. The van der Waals surface area contributed by atoms with Crippen molar-refractivity contribution in [3.05, 3.63) is 53.6 Å². The van der Waals surface area contributed by atoms with E-state index >= 15 is 0 Å². The van der Waals surface area contributed by atoms with Crippen LogP contribution in [0.2, 0.25) is 5.02 Å². The topological polar surface area (TPSA) is 46.0 Å². The molecule has 1 heterocycles. The summed E-state index contributed by atoms with van der Waals surface area (Å²) in [5, 5.41) is 3.53. The Balaban J connectivity index is 1.66. The highest BCUT2D eigenvalue weighted by molar-refractivity contribution is 6.31. The number of halogens is 1. The second-order valence-corrected chi connectivity index (χ2v) is 6.69. The third-order valence-corrected chi connectivity index (χ3v) is 4.54. The Hall–Kier alpha value is -2.24. The first-order valence-electron chi connectivity index (χ1n) is 8.45. The molecule has 2 aromatic rings. The van der Waals surface area contributed by atoms with E-state index in [1.807, 2.05) is 42.5 Å². The average Bonchev–Trinajstić information content (AvgIpc) is 2.62. The van der Waals surface area contributed by atoms with Gasteiger partial charge in [0.15, 0.2) is 6.61 Å². The van der Waals surface area contributed by atoms with Gasteiger partial charge in [0.25, 0.3) is 5.91 Å². The van der Waals surface area contributed by atoms with Crippen LogP contribution in [-0.4, -0.2) is 45.7 Å². The van der Waals surface area contributed by atoms with Gasteiger partial charge in [0.1, 0.15) is 5.75 Å². The van der Waals surface area contributed by atoms with E-state index in [1.54, 1.807) is 6.07 Å². The van der Waals surface area contributed by atoms with E-state index in [1.165, 1.54) is 4.90 Å². The van der Waals surface area contributed by atoms with Gasteiger partial charge in [-0.1, -0.05) is 29.8 Å². The number of carbonyl (C=O) groups excluding carboxylic acids is 1. The van der Waals surface area contributed by atoms with E-state index in [4.69, 9.17) is 16.3 Å². The van der Waals surface area contributed by atoms with Crippen molar-refractivity contribution in [3.8, 4) is 5.75 Å². The van der Waals surface area contributed by atoms with Gasteiger partial charge in [-0.2, -0.15) is 0 Å². The number of hydrogen-bond donors (Lipinski definition) is 2. The maximum atomic E-state index is 12.3. The van der Waals surface area contributed by atoms with Crippen LogP contribution in [-0.2, 0) is 4.79 Å². The zero-order chi connectivity index (χ0) is 17.6. The molecule has 132 valence electrons. The molecule has 0 radical (unpaired) electrons. The molecule has 0 bridgehead atoms. The number of piperazine rings is 1. The van der Waals surface area contributed by atoms with Crippen LogP contribution < -0.4 is 19.9 Å². The smallest absolute Gasteiger partial charge is 0.262 e. The standard InChI is InChI=1S/C19H22ClN3O2/c1-22-9-11-23(12-10-22)18-8-7-15(20)13-17(18)21-19(24)14-25-16-5-3-2-4-6-16/h2-8,13H,9-12,14H2,1H3,(H,21,24)/p+1. The molecular formula is C19H23ClN3O2+. The molecule has 2 N–H and O–H groups in total. The molecule has 0 atom stereocenters. The van der Waals surface area contributed by atoms with Crippen molar-refractivity contribution in [3.63, 3.8) is 0 Å². The lowest BCUT2D eigenvalue weighted by molar-refractivity contribution is -0.880. The van der Waals surface area contributed by atoms with Gasteiger partial charge >= 0.3 is 0 Å². The Labute approximate surface area is 153 Å². The minimum absolute atomic E-state index is 0.0388. The summed E-state index contributed by atoms with van der Waals surface area (Å²) in [5.74, 6) is 0.470. The van der Waals surface area contributed by atoms with Crippen molar-refractivity contribution in [1.29, 1.82) is 0 Å². The fraction of sp³-hybridized carbons (Fsp3) is 0.316. The van der Waals surface area contributed by atoms with Gasteiger partial charge in [0.05, 0.1) is 44.6 Å².